The van der Waals surface area contributed by atoms with E-state index in [0.717, 1.165) is 17.5 Å². The molecule has 0 spiro atoms. The van der Waals surface area contributed by atoms with Crippen molar-refractivity contribution in [2.75, 3.05) is 6.54 Å². The Morgan fingerprint density at radius 1 is 1.30 bits per heavy atom. The number of esters is 1. The fraction of sp³-hybridized carbons (Fsp3) is 0.529. The van der Waals surface area contributed by atoms with Gasteiger partial charge in [0.1, 0.15) is 11.6 Å². The molecule has 1 aromatic carbocycles. The summed E-state index contributed by atoms with van der Waals surface area (Å²) >= 11 is 0. The molecular weight excluding hydrogens is 296 g/mol. The SMILES string of the molecule is CC(NC(=O)OC(C)(C)C)OC(=O)C1NCCc2ccccc21. The zero-order chi connectivity index (χ0) is 17.0. The van der Waals surface area contributed by atoms with Crippen molar-refractivity contribution in [2.45, 2.75) is 52.0 Å². The van der Waals surface area contributed by atoms with Gasteiger partial charge in [-0.1, -0.05) is 24.3 Å². The first-order valence-electron chi connectivity index (χ1n) is 7.77. The van der Waals surface area contributed by atoms with E-state index in [1.807, 2.05) is 24.3 Å². The van der Waals surface area contributed by atoms with Gasteiger partial charge in [0.05, 0.1) is 0 Å². The van der Waals surface area contributed by atoms with Gasteiger partial charge in [0.25, 0.3) is 0 Å². The zero-order valence-corrected chi connectivity index (χ0v) is 14.0. The van der Waals surface area contributed by atoms with Crippen LogP contribution in [0.4, 0.5) is 4.79 Å². The van der Waals surface area contributed by atoms with Crippen LogP contribution in [0.5, 0.6) is 0 Å². The molecule has 6 nitrogen and oxygen atoms in total. The second kappa shape index (κ2) is 7.00. The standard InChI is InChI=1S/C17H24N2O4/c1-11(19-16(21)23-17(2,3)4)22-15(20)14-13-8-6-5-7-12(13)9-10-18-14/h5-8,11,14,18H,9-10H2,1-4H3,(H,19,21). The maximum absolute atomic E-state index is 12.4. The number of hydrogen-bond donors (Lipinski definition) is 2. The highest BCUT2D eigenvalue weighted by molar-refractivity contribution is 5.79. The van der Waals surface area contributed by atoms with Crippen LogP contribution in [-0.2, 0) is 20.7 Å². The van der Waals surface area contributed by atoms with E-state index in [2.05, 4.69) is 10.6 Å². The van der Waals surface area contributed by atoms with Crippen LogP contribution >= 0.6 is 0 Å². The van der Waals surface area contributed by atoms with Crippen molar-refractivity contribution in [3.8, 4) is 0 Å². The Hall–Kier alpha value is -2.08. The normalized spacial score (nSPS) is 18.5. The molecule has 1 aromatic rings. The Morgan fingerprint density at radius 3 is 2.70 bits per heavy atom. The van der Waals surface area contributed by atoms with Gasteiger partial charge >= 0.3 is 12.1 Å². The highest BCUT2D eigenvalue weighted by Crippen LogP contribution is 2.23. The van der Waals surface area contributed by atoms with E-state index >= 15 is 0 Å². The van der Waals surface area contributed by atoms with Crippen LogP contribution in [0.1, 0.15) is 44.9 Å². The second-order valence-corrected chi connectivity index (χ2v) is 6.56. The van der Waals surface area contributed by atoms with Gasteiger partial charge in [-0.25, -0.2) is 9.59 Å². The number of rotatable bonds is 3. The Morgan fingerprint density at radius 2 is 2.00 bits per heavy atom. The topological polar surface area (TPSA) is 76.7 Å². The lowest BCUT2D eigenvalue weighted by molar-refractivity contribution is -0.152. The summed E-state index contributed by atoms with van der Waals surface area (Å²) in [5.74, 6) is -0.416. The van der Waals surface area contributed by atoms with Crippen molar-refractivity contribution >= 4 is 12.1 Å². The fourth-order valence-corrected chi connectivity index (χ4v) is 2.46. The molecule has 1 aliphatic heterocycles. The van der Waals surface area contributed by atoms with E-state index < -0.39 is 29.9 Å². The molecule has 1 aliphatic rings. The number of fused-ring (bicyclic) bond motifs is 1. The van der Waals surface area contributed by atoms with E-state index in [0.29, 0.717) is 6.54 Å². The summed E-state index contributed by atoms with van der Waals surface area (Å²) < 4.78 is 10.5. The molecule has 6 heteroatoms. The summed E-state index contributed by atoms with van der Waals surface area (Å²) in [7, 11) is 0. The third kappa shape index (κ3) is 4.96. The minimum atomic E-state index is -0.770. The van der Waals surface area contributed by atoms with Gasteiger partial charge in [-0.15, -0.1) is 0 Å². The minimum Gasteiger partial charge on any atom is -0.444 e. The molecule has 1 amide bonds. The molecule has 2 rings (SSSR count). The molecule has 0 aromatic heterocycles. The molecule has 0 saturated carbocycles. The average molecular weight is 320 g/mol. The fourth-order valence-electron chi connectivity index (χ4n) is 2.46. The number of nitrogens with one attached hydrogen (secondary N) is 2. The second-order valence-electron chi connectivity index (χ2n) is 6.56. The van der Waals surface area contributed by atoms with Gasteiger partial charge in [-0.05, 0) is 45.2 Å². The summed E-state index contributed by atoms with van der Waals surface area (Å²) in [6, 6.07) is 7.27. The zero-order valence-electron chi connectivity index (χ0n) is 14.0. The molecule has 2 unspecified atom stereocenters. The summed E-state index contributed by atoms with van der Waals surface area (Å²) in [6.45, 7) is 7.62. The first-order chi connectivity index (χ1) is 10.8. The maximum atomic E-state index is 12.4. The summed E-state index contributed by atoms with van der Waals surface area (Å²) in [4.78, 5) is 24.0. The summed E-state index contributed by atoms with van der Waals surface area (Å²) in [5.41, 5.74) is 1.46. The predicted octanol–water partition coefficient (Wildman–Crippen LogP) is 2.29. The molecule has 1 heterocycles. The molecule has 23 heavy (non-hydrogen) atoms. The van der Waals surface area contributed by atoms with Crippen molar-refractivity contribution in [3.05, 3.63) is 35.4 Å². The van der Waals surface area contributed by atoms with Gasteiger partial charge in [-0.3, -0.25) is 5.32 Å². The minimum absolute atomic E-state index is 0.416. The van der Waals surface area contributed by atoms with Crippen LogP contribution in [0.2, 0.25) is 0 Å². The lowest BCUT2D eigenvalue weighted by atomic mass is 9.94. The first-order valence-corrected chi connectivity index (χ1v) is 7.77. The monoisotopic (exact) mass is 320 g/mol. The van der Waals surface area contributed by atoms with Gasteiger partial charge in [-0.2, -0.15) is 0 Å². The van der Waals surface area contributed by atoms with E-state index in [1.54, 1.807) is 27.7 Å². The number of amides is 1. The molecule has 0 radical (unpaired) electrons. The number of carbonyl (C=O) groups excluding carboxylic acids is 2. The number of hydrogen-bond acceptors (Lipinski definition) is 5. The Labute approximate surface area is 136 Å². The largest absolute Gasteiger partial charge is 0.444 e. The molecular formula is C17H24N2O4. The van der Waals surface area contributed by atoms with Crippen LogP contribution in [0.3, 0.4) is 0 Å². The van der Waals surface area contributed by atoms with Crippen molar-refractivity contribution in [1.82, 2.24) is 10.6 Å². The molecule has 0 saturated heterocycles. The molecule has 0 aliphatic carbocycles. The van der Waals surface area contributed by atoms with E-state index in [4.69, 9.17) is 9.47 Å². The number of ether oxygens (including phenoxy) is 2. The number of carbonyl (C=O) groups is 2. The lowest BCUT2D eigenvalue weighted by Crippen LogP contribution is -2.43. The Bertz CT molecular complexity index is 580. The molecule has 0 bridgehead atoms. The van der Waals surface area contributed by atoms with Gasteiger partial charge in [0.2, 0.25) is 0 Å². The van der Waals surface area contributed by atoms with Crippen LogP contribution < -0.4 is 10.6 Å². The Kier molecular flexibility index (Phi) is 5.26. The quantitative estimate of drug-likeness (QED) is 0.660. The number of alkyl carbamates (subject to hydrolysis) is 1. The van der Waals surface area contributed by atoms with Crippen molar-refractivity contribution in [2.24, 2.45) is 0 Å². The van der Waals surface area contributed by atoms with Gasteiger partial charge < -0.3 is 14.8 Å². The van der Waals surface area contributed by atoms with Crippen LogP contribution in [0.25, 0.3) is 0 Å². The number of benzene rings is 1. The van der Waals surface area contributed by atoms with Crippen molar-refractivity contribution in [1.29, 1.82) is 0 Å². The van der Waals surface area contributed by atoms with E-state index in [9.17, 15) is 9.59 Å². The molecule has 2 atom stereocenters. The van der Waals surface area contributed by atoms with Crippen LogP contribution in [-0.4, -0.2) is 30.4 Å². The predicted molar refractivity (Wildman–Crippen MR) is 85.8 cm³/mol. The van der Waals surface area contributed by atoms with Crippen molar-refractivity contribution < 1.29 is 19.1 Å². The van der Waals surface area contributed by atoms with Gasteiger partial charge in [0.15, 0.2) is 6.23 Å². The smallest absolute Gasteiger partial charge is 0.410 e. The molecule has 2 N–H and O–H groups in total. The highest BCUT2D eigenvalue weighted by Gasteiger charge is 2.29. The Balaban J connectivity index is 1.93. The highest BCUT2D eigenvalue weighted by atomic mass is 16.6. The van der Waals surface area contributed by atoms with Gasteiger partial charge in [0, 0.05) is 6.54 Å². The molecule has 0 fully saturated rings. The van der Waals surface area contributed by atoms with E-state index in [1.165, 1.54) is 0 Å². The average Bonchev–Trinajstić information content (AvgIpc) is 2.44. The van der Waals surface area contributed by atoms with Crippen LogP contribution in [0.15, 0.2) is 24.3 Å². The third-order valence-electron chi connectivity index (χ3n) is 3.36. The third-order valence-corrected chi connectivity index (χ3v) is 3.36. The van der Waals surface area contributed by atoms with Crippen LogP contribution in [0, 0.1) is 0 Å². The summed E-state index contributed by atoms with van der Waals surface area (Å²) in [5, 5.41) is 5.65. The molecule has 126 valence electrons. The first kappa shape index (κ1) is 17.3. The van der Waals surface area contributed by atoms with E-state index in [-0.39, 0.29) is 0 Å². The lowest BCUT2D eigenvalue weighted by Gasteiger charge is -2.27. The summed E-state index contributed by atoms with van der Waals surface area (Å²) in [6.07, 6.45) is -0.505. The van der Waals surface area contributed by atoms with Crippen molar-refractivity contribution in [3.63, 3.8) is 0 Å². The maximum Gasteiger partial charge on any atom is 0.410 e.